The van der Waals surface area contributed by atoms with E-state index >= 15 is 4.39 Å². The lowest BCUT2D eigenvalue weighted by Gasteiger charge is -2.30. The van der Waals surface area contributed by atoms with E-state index in [-0.39, 0.29) is 35.9 Å². The number of anilines is 1. The Hall–Kier alpha value is -3.26. The van der Waals surface area contributed by atoms with Crippen LogP contribution in [-0.4, -0.2) is 51.1 Å². The third-order valence-electron chi connectivity index (χ3n) is 4.94. The summed E-state index contributed by atoms with van der Waals surface area (Å²) < 4.78 is 36.9. The number of hydrogen-bond acceptors (Lipinski definition) is 6. The molecule has 2 aromatic rings. The van der Waals surface area contributed by atoms with E-state index in [0.717, 1.165) is 4.90 Å². The van der Waals surface area contributed by atoms with Crippen molar-refractivity contribution in [1.82, 2.24) is 0 Å². The summed E-state index contributed by atoms with van der Waals surface area (Å²) in [6, 6.07) is 6.15. The molecule has 2 aromatic carbocycles. The fourth-order valence-corrected chi connectivity index (χ4v) is 3.48. The highest BCUT2D eigenvalue weighted by atomic mass is 19.1. The van der Waals surface area contributed by atoms with Crippen LogP contribution in [0.2, 0.25) is 0 Å². The van der Waals surface area contributed by atoms with Crippen molar-refractivity contribution in [3.63, 3.8) is 0 Å². The summed E-state index contributed by atoms with van der Waals surface area (Å²) in [6.07, 6.45) is 3.70. The van der Waals surface area contributed by atoms with Gasteiger partial charge in [0.25, 0.3) is 5.91 Å². The molecule has 1 aliphatic rings. The van der Waals surface area contributed by atoms with Crippen molar-refractivity contribution in [3.8, 4) is 23.0 Å². The van der Waals surface area contributed by atoms with E-state index in [4.69, 9.17) is 18.9 Å². The molecule has 166 valence electrons. The van der Waals surface area contributed by atoms with Crippen LogP contribution >= 0.6 is 0 Å². The Balaban J connectivity index is 2.10. The highest BCUT2D eigenvalue weighted by molar-refractivity contribution is 6.09. The molecule has 0 unspecified atom stereocenters. The molecular weight excluding hydrogens is 405 g/mol. The van der Waals surface area contributed by atoms with Crippen molar-refractivity contribution in [1.29, 1.82) is 0 Å². The Kier molecular flexibility index (Phi) is 6.40. The lowest BCUT2D eigenvalue weighted by atomic mass is 9.99. The standard InChI is InChI=1S/C23H26FNO6/c1-23(2)11-10-14-17(31-23)8-6-15(20(14)29-4)22(27)25(12-13-26)16-7-9-18(28-3)21(30-5)19(16)24/h6-11,26H,12-13H2,1-5H3. The smallest absolute Gasteiger partial charge is 0.262 e. The van der Waals surface area contributed by atoms with Gasteiger partial charge in [0.2, 0.25) is 0 Å². The van der Waals surface area contributed by atoms with E-state index in [1.54, 1.807) is 12.1 Å². The average molecular weight is 431 g/mol. The average Bonchev–Trinajstić information content (AvgIpc) is 2.75. The van der Waals surface area contributed by atoms with Crippen molar-refractivity contribution < 1.29 is 33.2 Å². The van der Waals surface area contributed by atoms with Crippen LogP contribution in [0.25, 0.3) is 6.08 Å². The fraction of sp³-hybridized carbons (Fsp3) is 0.348. The van der Waals surface area contributed by atoms with Gasteiger partial charge in [-0.05, 0) is 50.3 Å². The van der Waals surface area contributed by atoms with Crippen LogP contribution < -0.4 is 23.8 Å². The van der Waals surface area contributed by atoms with E-state index in [1.165, 1.54) is 33.5 Å². The Morgan fingerprint density at radius 1 is 1.10 bits per heavy atom. The number of methoxy groups -OCH3 is 3. The molecular formula is C23H26FNO6. The maximum Gasteiger partial charge on any atom is 0.262 e. The van der Waals surface area contributed by atoms with Crippen molar-refractivity contribution in [2.45, 2.75) is 19.4 Å². The second-order valence-corrected chi connectivity index (χ2v) is 7.41. The summed E-state index contributed by atoms with van der Waals surface area (Å²) in [5.41, 5.74) is 0.278. The third kappa shape index (κ3) is 4.16. The Morgan fingerprint density at radius 2 is 1.81 bits per heavy atom. The monoisotopic (exact) mass is 431 g/mol. The third-order valence-corrected chi connectivity index (χ3v) is 4.94. The summed E-state index contributed by atoms with van der Waals surface area (Å²) in [7, 11) is 4.15. The highest BCUT2D eigenvalue weighted by Crippen LogP contribution is 2.41. The van der Waals surface area contributed by atoms with Gasteiger partial charge in [-0.3, -0.25) is 4.79 Å². The van der Waals surface area contributed by atoms with Gasteiger partial charge < -0.3 is 29.0 Å². The molecule has 0 atom stereocenters. The summed E-state index contributed by atoms with van der Waals surface area (Å²) >= 11 is 0. The largest absolute Gasteiger partial charge is 0.495 e. The number of rotatable bonds is 7. The number of ether oxygens (including phenoxy) is 4. The molecule has 7 nitrogen and oxygen atoms in total. The quantitative estimate of drug-likeness (QED) is 0.721. The predicted molar refractivity (Wildman–Crippen MR) is 115 cm³/mol. The molecule has 0 spiro atoms. The lowest BCUT2D eigenvalue weighted by molar-refractivity contribution is 0.0976. The molecule has 0 saturated carbocycles. The number of carbonyl (C=O) groups is 1. The maximum absolute atomic E-state index is 15.2. The first-order valence-corrected chi connectivity index (χ1v) is 9.70. The van der Waals surface area contributed by atoms with Crippen LogP contribution in [0.1, 0.15) is 29.8 Å². The zero-order valence-electron chi connectivity index (χ0n) is 18.2. The van der Waals surface area contributed by atoms with Crippen LogP contribution in [0.4, 0.5) is 10.1 Å². The van der Waals surface area contributed by atoms with Crippen LogP contribution in [-0.2, 0) is 0 Å². The molecule has 3 rings (SSSR count). The Labute approximate surface area is 180 Å². The van der Waals surface area contributed by atoms with Gasteiger partial charge in [0, 0.05) is 6.54 Å². The summed E-state index contributed by atoms with van der Waals surface area (Å²) in [5.74, 6) is -0.378. The van der Waals surface area contributed by atoms with E-state index in [1.807, 2.05) is 26.0 Å². The molecule has 1 amide bonds. The second kappa shape index (κ2) is 8.85. The number of hydrogen-bond donors (Lipinski definition) is 1. The molecule has 8 heteroatoms. The van der Waals surface area contributed by atoms with E-state index in [0.29, 0.717) is 17.1 Å². The SMILES string of the molecule is COc1ccc(N(CCO)C(=O)c2ccc3c(c2OC)C=CC(C)(C)O3)c(F)c1OC. The molecule has 0 radical (unpaired) electrons. The molecule has 0 saturated heterocycles. The number of halogens is 1. The highest BCUT2D eigenvalue weighted by Gasteiger charge is 2.30. The van der Waals surface area contributed by atoms with Gasteiger partial charge >= 0.3 is 0 Å². The summed E-state index contributed by atoms with van der Waals surface area (Å²) in [5, 5.41) is 9.55. The lowest BCUT2D eigenvalue weighted by Crippen LogP contribution is -2.35. The first kappa shape index (κ1) is 22.4. The van der Waals surface area contributed by atoms with Crippen molar-refractivity contribution in [3.05, 3.63) is 47.3 Å². The molecule has 31 heavy (non-hydrogen) atoms. The minimum absolute atomic E-state index is 0.0515. The van der Waals surface area contributed by atoms with Crippen LogP contribution in [0.5, 0.6) is 23.0 Å². The number of fused-ring (bicyclic) bond motifs is 1. The van der Waals surface area contributed by atoms with Gasteiger partial charge in [0.15, 0.2) is 17.3 Å². The van der Waals surface area contributed by atoms with Crippen molar-refractivity contribution >= 4 is 17.7 Å². The van der Waals surface area contributed by atoms with Gasteiger partial charge in [0.05, 0.1) is 44.8 Å². The molecule has 0 aromatic heterocycles. The Morgan fingerprint density at radius 3 is 2.42 bits per heavy atom. The van der Waals surface area contributed by atoms with Crippen LogP contribution in [0.3, 0.4) is 0 Å². The van der Waals surface area contributed by atoms with Gasteiger partial charge in [-0.25, -0.2) is 4.39 Å². The van der Waals surface area contributed by atoms with Crippen molar-refractivity contribution in [2.75, 3.05) is 39.4 Å². The normalized spacial score (nSPS) is 13.8. The molecule has 1 heterocycles. The maximum atomic E-state index is 15.2. The molecule has 0 fully saturated rings. The number of aliphatic hydroxyl groups is 1. The van der Waals surface area contributed by atoms with E-state index < -0.39 is 17.3 Å². The minimum Gasteiger partial charge on any atom is -0.495 e. The second-order valence-electron chi connectivity index (χ2n) is 7.41. The number of benzene rings is 2. The van der Waals surface area contributed by atoms with E-state index in [2.05, 4.69) is 0 Å². The van der Waals surface area contributed by atoms with Crippen LogP contribution in [0, 0.1) is 5.82 Å². The van der Waals surface area contributed by atoms with Crippen LogP contribution in [0.15, 0.2) is 30.3 Å². The molecule has 0 bridgehead atoms. The van der Waals surface area contributed by atoms with E-state index in [9.17, 15) is 9.90 Å². The molecule has 1 N–H and O–H groups in total. The molecule has 0 aliphatic carbocycles. The first-order chi connectivity index (χ1) is 14.8. The number of amides is 1. The Bertz CT molecular complexity index is 1020. The molecule has 1 aliphatic heterocycles. The minimum atomic E-state index is -0.773. The van der Waals surface area contributed by atoms with Gasteiger partial charge in [-0.1, -0.05) is 0 Å². The van der Waals surface area contributed by atoms with Crippen molar-refractivity contribution in [2.24, 2.45) is 0 Å². The van der Waals surface area contributed by atoms with Gasteiger partial charge in [-0.15, -0.1) is 0 Å². The zero-order chi connectivity index (χ0) is 22.8. The summed E-state index contributed by atoms with van der Waals surface area (Å²) in [4.78, 5) is 14.6. The number of nitrogens with zero attached hydrogens (tertiary/aromatic N) is 1. The number of aliphatic hydroxyl groups excluding tert-OH is 1. The van der Waals surface area contributed by atoms with Gasteiger partial charge in [-0.2, -0.15) is 0 Å². The fourth-order valence-electron chi connectivity index (χ4n) is 3.48. The zero-order valence-corrected chi connectivity index (χ0v) is 18.2. The topological polar surface area (TPSA) is 77.5 Å². The van der Waals surface area contributed by atoms with Gasteiger partial charge in [0.1, 0.15) is 17.1 Å². The summed E-state index contributed by atoms with van der Waals surface area (Å²) in [6.45, 7) is 3.33. The predicted octanol–water partition coefficient (Wildman–Crippen LogP) is 3.67. The first-order valence-electron chi connectivity index (χ1n) is 9.70. The number of carbonyl (C=O) groups excluding carboxylic acids is 1.